The minimum atomic E-state index is 0.760. The highest BCUT2D eigenvalue weighted by atomic mass is 14.8. The third-order valence-corrected chi connectivity index (χ3v) is 3.98. The standard InChI is InChI=1S/C17H26N2/c1-3-18-13-16(15-7-5-4-6-8-15)11-17-10-9-14(2)12-19-17/h9-12,15,18H,3-8,13H2,1-2H3/b16-11-. The number of hydrogen-bond donors (Lipinski definition) is 1. The molecule has 1 saturated carbocycles. The van der Waals surface area contributed by atoms with Gasteiger partial charge < -0.3 is 5.32 Å². The van der Waals surface area contributed by atoms with Gasteiger partial charge in [0.2, 0.25) is 0 Å². The summed E-state index contributed by atoms with van der Waals surface area (Å²) in [5.41, 5.74) is 3.87. The smallest absolute Gasteiger partial charge is 0.0629 e. The van der Waals surface area contributed by atoms with Crippen LogP contribution in [-0.4, -0.2) is 18.1 Å². The number of hydrogen-bond acceptors (Lipinski definition) is 2. The lowest BCUT2D eigenvalue weighted by atomic mass is 9.83. The molecule has 19 heavy (non-hydrogen) atoms. The van der Waals surface area contributed by atoms with E-state index in [1.807, 2.05) is 6.20 Å². The highest BCUT2D eigenvalue weighted by Gasteiger charge is 2.17. The third kappa shape index (κ3) is 4.46. The summed E-state index contributed by atoms with van der Waals surface area (Å²) < 4.78 is 0. The van der Waals surface area contributed by atoms with Crippen LogP contribution < -0.4 is 5.32 Å². The summed E-state index contributed by atoms with van der Waals surface area (Å²) in [6.45, 7) is 6.30. The summed E-state index contributed by atoms with van der Waals surface area (Å²) in [4.78, 5) is 4.52. The molecule has 1 aliphatic rings. The summed E-state index contributed by atoms with van der Waals surface area (Å²) in [5, 5.41) is 3.48. The van der Waals surface area contributed by atoms with Crippen LogP contribution in [0.4, 0.5) is 0 Å². The van der Waals surface area contributed by atoms with E-state index in [1.54, 1.807) is 0 Å². The average molecular weight is 258 g/mol. The Morgan fingerprint density at radius 1 is 1.32 bits per heavy atom. The fourth-order valence-electron chi connectivity index (χ4n) is 2.81. The predicted molar refractivity (Wildman–Crippen MR) is 82.1 cm³/mol. The summed E-state index contributed by atoms with van der Waals surface area (Å²) in [6, 6.07) is 4.27. The van der Waals surface area contributed by atoms with Crippen LogP contribution in [-0.2, 0) is 0 Å². The van der Waals surface area contributed by atoms with Gasteiger partial charge in [-0.3, -0.25) is 4.98 Å². The van der Waals surface area contributed by atoms with E-state index in [0.29, 0.717) is 0 Å². The molecule has 2 rings (SSSR count). The van der Waals surface area contributed by atoms with Crippen LogP contribution in [0.3, 0.4) is 0 Å². The van der Waals surface area contributed by atoms with E-state index in [4.69, 9.17) is 0 Å². The van der Waals surface area contributed by atoms with Crippen molar-refractivity contribution < 1.29 is 0 Å². The SMILES string of the molecule is CCNC/C(=C/c1ccc(C)cn1)C1CCCCC1. The fraction of sp³-hybridized carbons (Fsp3) is 0.588. The molecule has 2 heteroatoms. The second kappa shape index (κ2) is 7.44. The van der Waals surface area contributed by atoms with Crippen molar-refractivity contribution in [3.63, 3.8) is 0 Å². The number of aryl methyl sites for hydroxylation is 1. The van der Waals surface area contributed by atoms with Gasteiger partial charge in [-0.25, -0.2) is 0 Å². The lowest BCUT2D eigenvalue weighted by Gasteiger charge is -2.25. The molecule has 1 aliphatic carbocycles. The molecule has 1 aromatic heterocycles. The highest BCUT2D eigenvalue weighted by Crippen LogP contribution is 2.30. The summed E-state index contributed by atoms with van der Waals surface area (Å²) >= 11 is 0. The summed E-state index contributed by atoms with van der Waals surface area (Å²) in [6.07, 6.45) is 11.1. The van der Waals surface area contributed by atoms with Gasteiger partial charge in [0.05, 0.1) is 5.69 Å². The number of rotatable bonds is 5. The van der Waals surface area contributed by atoms with Crippen molar-refractivity contribution in [1.29, 1.82) is 0 Å². The van der Waals surface area contributed by atoms with Crippen LogP contribution in [0.25, 0.3) is 6.08 Å². The van der Waals surface area contributed by atoms with Crippen molar-refractivity contribution in [2.75, 3.05) is 13.1 Å². The van der Waals surface area contributed by atoms with Crippen molar-refractivity contribution in [2.24, 2.45) is 5.92 Å². The molecule has 1 fully saturated rings. The number of aromatic nitrogens is 1. The van der Waals surface area contributed by atoms with E-state index < -0.39 is 0 Å². The first-order chi connectivity index (χ1) is 9.29. The summed E-state index contributed by atoms with van der Waals surface area (Å²) in [7, 11) is 0. The van der Waals surface area contributed by atoms with Crippen molar-refractivity contribution in [3.05, 3.63) is 35.2 Å². The van der Waals surface area contributed by atoms with Crippen LogP contribution in [0.15, 0.2) is 23.9 Å². The molecule has 0 radical (unpaired) electrons. The molecule has 1 aromatic rings. The van der Waals surface area contributed by atoms with Crippen LogP contribution in [0.2, 0.25) is 0 Å². The van der Waals surface area contributed by atoms with Crippen LogP contribution >= 0.6 is 0 Å². The van der Waals surface area contributed by atoms with E-state index in [0.717, 1.165) is 24.7 Å². The molecule has 0 aromatic carbocycles. The van der Waals surface area contributed by atoms with Crippen LogP contribution in [0.5, 0.6) is 0 Å². The molecule has 2 nitrogen and oxygen atoms in total. The first-order valence-electron chi connectivity index (χ1n) is 7.63. The fourth-order valence-corrected chi connectivity index (χ4v) is 2.81. The Labute approximate surface area is 117 Å². The van der Waals surface area contributed by atoms with Gasteiger partial charge in [0.25, 0.3) is 0 Å². The molecule has 0 amide bonds. The number of pyridine rings is 1. The van der Waals surface area contributed by atoms with Crippen LogP contribution in [0, 0.1) is 12.8 Å². The first-order valence-corrected chi connectivity index (χ1v) is 7.63. The van der Waals surface area contributed by atoms with Gasteiger partial charge in [-0.15, -0.1) is 0 Å². The van der Waals surface area contributed by atoms with Gasteiger partial charge in [0, 0.05) is 12.7 Å². The number of nitrogens with zero attached hydrogens (tertiary/aromatic N) is 1. The predicted octanol–water partition coefficient (Wildman–Crippen LogP) is 3.96. The molecule has 104 valence electrons. The Bertz CT molecular complexity index is 400. The van der Waals surface area contributed by atoms with Crippen molar-refractivity contribution in [3.8, 4) is 0 Å². The summed E-state index contributed by atoms with van der Waals surface area (Å²) in [5.74, 6) is 0.760. The average Bonchev–Trinajstić information content (AvgIpc) is 2.46. The maximum Gasteiger partial charge on any atom is 0.0629 e. The van der Waals surface area contributed by atoms with Crippen molar-refractivity contribution in [1.82, 2.24) is 10.3 Å². The van der Waals surface area contributed by atoms with Gasteiger partial charge in [0.1, 0.15) is 0 Å². The van der Waals surface area contributed by atoms with Gasteiger partial charge in [-0.1, -0.05) is 37.8 Å². The molecule has 0 aliphatic heterocycles. The Balaban J connectivity index is 2.12. The van der Waals surface area contributed by atoms with Crippen molar-refractivity contribution >= 4 is 6.08 Å². The first kappa shape index (κ1) is 14.3. The Kier molecular flexibility index (Phi) is 5.59. The zero-order valence-corrected chi connectivity index (χ0v) is 12.3. The van der Waals surface area contributed by atoms with E-state index in [9.17, 15) is 0 Å². The molecule has 0 unspecified atom stereocenters. The highest BCUT2D eigenvalue weighted by molar-refractivity contribution is 5.50. The molecule has 1 heterocycles. The third-order valence-electron chi connectivity index (χ3n) is 3.98. The topological polar surface area (TPSA) is 24.9 Å². The molecule has 1 N–H and O–H groups in total. The zero-order chi connectivity index (χ0) is 13.5. The maximum absolute atomic E-state index is 4.52. The lowest BCUT2D eigenvalue weighted by molar-refractivity contribution is 0.397. The Morgan fingerprint density at radius 3 is 2.74 bits per heavy atom. The Hall–Kier alpha value is -1.15. The molecule has 0 saturated heterocycles. The van der Waals surface area contributed by atoms with Crippen LogP contribution in [0.1, 0.15) is 50.3 Å². The van der Waals surface area contributed by atoms with E-state index in [2.05, 4.69) is 42.4 Å². The number of likely N-dealkylation sites (N-methyl/N-ethyl adjacent to an activating group) is 1. The maximum atomic E-state index is 4.52. The molecule has 0 bridgehead atoms. The molecular weight excluding hydrogens is 232 g/mol. The Morgan fingerprint density at radius 2 is 2.11 bits per heavy atom. The number of nitrogens with one attached hydrogen (secondary N) is 1. The van der Waals surface area contributed by atoms with Gasteiger partial charge in [-0.05, 0) is 49.9 Å². The van der Waals surface area contributed by atoms with E-state index in [1.165, 1.54) is 43.2 Å². The van der Waals surface area contributed by atoms with Gasteiger partial charge >= 0.3 is 0 Å². The molecular formula is C17H26N2. The monoisotopic (exact) mass is 258 g/mol. The van der Waals surface area contributed by atoms with E-state index >= 15 is 0 Å². The minimum absolute atomic E-state index is 0.760. The second-order valence-corrected chi connectivity index (χ2v) is 5.59. The lowest BCUT2D eigenvalue weighted by Crippen LogP contribution is -2.22. The van der Waals surface area contributed by atoms with Gasteiger partial charge in [-0.2, -0.15) is 0 Å². The van der Waals surface area contributed by atoms with E-state index in [-0.39, 0.29) is 0 Å². The quantitative estimate of drug-likeness (QED) is 0.864. The largest absolute Gasteiger partial charge is 0.313 e. The molecule has 0 spiro atoms. The molecule has 0 atom stereocenters. The van der Waals surface area contributed by atoms with Gasteiger partial charge in [0.15, 0.2) is 0 Å². The van der Waals surface area contributed by atoms with Crippen molar-refractivity contribution in [2.45, 2.75) is 46.0 Å². The zero-order valence-electron chi connectivity index (χ0n) is 12.3. The minimum Gasteiger partial charge on any atom is -0.313 e. The normalized spacial score (nSPS) is 17.7. The second-order valence-electron chi connectivity index (χ2n) is 5.59.